The van der Waals surface area contributed by atoms with E-state index in [1.807, 2.05) is 13.8 Å². The molecule has 9 atom stereocenters. The molecule has 0 aliphatic carbocycles. The SMILES string of the molecule is CC[C@H]1O[C@](COC(C)=O)(O[C@H]2OC(COC(C)=O)[C@@H](C)[C@H](C)C2OC(C)=O)[C@H](OC(C)=O)C1OC(C)=O. The Morgan fingerprint density at radius 1 is 0.711 bits per heavy atom. The van der Waals surface area contributed by atoms with Gasteiger partial charge in [0.1, 0.15) is 19.3 Å². The summed E-state index contributed by atoms with van der Waals surface area (Å²) in [7, 11) is 0. The van der Waals surface area contributed by atoms with E-state index in [1.54, 1.807) is 6.92 Å². The van der Waals surface area contributed by atoms with E-state index in [-0.39, 0.29) is 18.4 Å². The lowest BCUT2D eigenvalue weighted by molar-refractivity contribution is -0.375. The minimum atomic E-state index is -2.01. The summed E-state index contributed by atoms with van der Waals surface area (Å²) in [4.78, 5) is 59.3. The maximum Gasteiger partial charge on any atom is 0.303 e. The van der Waals surface area contributed by atoms with Crippen LogP contribution in [0.3, 0.4) is 0 Å². The first-order chi connectivity index (χ1) is 17.7. The third-order valence-corrected chi connectivity index (χ3v) is 6.50. The van der Waals surface area contributed by atoms with E-state index >= 15 is 0 Å². The van der Waals surface area contributed by atoms with E-state index in [0.717, 1.165) is 6.92 Å². The van der Waals surface area contributed by atoms with Crippen LogP contribution in [0.2, 0.25) is 0 Å². The molecule has 0 amide bonds. The van der Waals surface area contributed by atoms with Crippen molar-refractivity contribution in [3.05, 3.63) is 0 Å². The van der Waals surface area contributed by atoms with E-state index < -0.39 is 79.1 Å². The first-order valence-corrected chi connectivity index (χ1v) is 12.5. The van der Waals surface area contributed by atoms with Crippen LogP contribution in [0.4, 0.5) is 0 Å². The molecule has 2 aliphatic heterocycles. The van der Waals surface area contributed by atoms with Crippen LogP contribution in [-0.4, -0.2) is 85.7 Å². The minimum absolute atomic E-state index is 0.105. The Morgan fingerprint density at radius 2 is 1.26 bits per heavy atom. The van der Waals surface area contributed by atoms with Crippen molar-refractivity contribution in [1.82, 2.24) is 0 Å². The fourth-order valence-corrected chi connectivity index (χ4v) is 4.56. The second-order valence-electron chi connectivity index (χ2n) is 9.52. The van der Waals surface area contributed by atoms with Crippen molar-refractivity contribution in [1.29, 1.82) is 0 Å². The Balaban J connectivity index is 2.56. The number of carbonyl (C=O) groups is 5. The Morgan fingerprint density at radius 3 is 1.76 bits per heavy atom. The molecule has 0 N–H and O–H groups in total. The summed E-state index contributed by atoms with van der Waals surface area (Å²) < 4.78 is 45.5. The van der Waals surface area contributed by atoms with Gasteiger partial charge in [0.15, 0.2) is 24.6 Å². The van der Waals surface area contributed by atoms with E-state index in [0.29, 0.717) is 6.42 Å². The molecule has 0 aromatic carbocycles. The third kappa shape index (κ3) is 7.87. The normalized spacial score (nSPS) is 34.6. The fraction of sp³-hybridized carbons (Fsp3) is 0.800. The monoisotopic (exact) mass is 546 g/mol. The van der Waals surface area contributed by atoms with Crippen molar-refractivity contribution in [3.63, 3.8) is 0 Å². The van der Waals surface area contributed by atoms with E-state index in [4.69, 9.17) is 37.9 Å². The second-order valence-corrected chi connectivity index (χ2v) is 9.52. The molecule has 2 fully saturated rings. The fourth-order valence-electron chi connectivity index (χ4n) is 4.56. The molecule has 0 aromatic rings. The summed E-state index contributed by atoms with van der Waals surface area (Å²) in [6.07, 6.45) is -5.98. The first-order valence-electron chi connectivity index (χ1n) is 12.5. The lowest BCUT2D eigenvalue weighted by atomic mass is 9.83. The number of esters is 5. The summed E-state index contributed by atoms with van der Waals surface area (Å²) >= 11 is 0. The lowest BCUT2D eigenvalue weighted by Crippen LogP contribution is -2.60. The summed E-state index contributed by atoms with van der Waals surface area (Å²) in [5.74, 6) is -5.80. The van der Waals surface area contributed by atoms with Gasteiger partial charge in [0.05, 0.1) is 6.10 Å². The van der Waals surface area contributed by atoms with Crippen LogP contribution in [0.25, 0.3) is 0 Å². The van der Waals surface area contributed by atoms with Gasteiger partial charge in [0.2, 0.25) is 5.79 Å². The zero-order valence-electron chi connectivity index (χ0n) is 23.0. The van der Waals surface area contributed by atoms with Gasteiger partial charge in [0.25, 0.3) is 0 Å². The maximum atomic E-state index is 12.1. The number of rotatable bonds is 10. The van der Waals surface area contributed by atoms with Crippen molar-refractivity contribution in [2.75, 3.05) is 13.2 Å². The number of hydrogen-bond donors (Lipinski definition) is 0. The molecular weight excluding hydrogens is 508 g/mol. The Hall–Kier alpha value is -2.77. The van der Waals surface area contributed by atoms with Crippen LogP contribution < -0.4 is 0 Å². The molecular formula is C25H38O13. The molecule has 13 heteroatoms. The molecule has 216 valence electrons. The molecule has 0 radical (unpaired) electrons. The predicted octanol–water partition coefficient (Wildman–Crippen LogP) is 1.43. The third-order valence-electron chi connectivity index (χ3n) is 6.50. The van der Waals surface area contributed by atoms with Gasteiger partial charge in [-0.3, -0.25) is 24.0 Å². The van der Waals surface area contributed by atoms with Crippen LogP contribution in [0, 0.1) is 11.8 Å². The molecule has 0 saturated carbocycles. The highest BCUT2D eigenvalue weighted by molar-refractivity contribution is 5.68. The summed E-state index contributed by atoms with van der Waals surface area (Å²) in [6, 6.07) is 0. The topological polar surface area (TPSA) is 159 Å². The average molecular weight is 547 g/mol. The zero-order chi connectivity index (χ0) is 28.8. The molecule has 2 aliphatic rings. The molecule has 13 nitrogen and oxygen atoms in total. The van der Waals surface area contributed by atoms with Crippen molar-refractivity contribution in [2.24, 2.45) is 11.8 Å². The van der Waals surface area contributed by atoms with Crippen molar-refractivity contribution < 1.29 is 61.9 Å². The standard InChI is InChI=1S/C25H38O13/c1-9-19-22(34-17(7)29)23(35-18(8)30)25(37-19,11-32-15(5)27)38-24-21(33-16(6)28)13(3)12(2)20(36-24)10-31-14(4)26/h12-13,19-24H,9-11H2,1-8H3/t12-,13-,19+,20?,21?,22?,23+,24+,25+/m0/s1. The molecule has 2 heterocycles. The Labute approximate surface area is 221 Å². The maximum absolute atomic E-state index is 12.1. The van der Waals surface area contributed by atoms with Crippen LogP contribution in [0.15, 0.2) is 0 Å². The van der Waals surface area contributed by atoms with Gasteiger partial charge in [-0.25, -0.2) is 0 Å². The zero-order valence-corrected chi connectivity index (χ0v) is 23.0. The highest BCUT2D eigenvalue weighted by Gasteiger charge is 2.63. The largest absolute Gasteiger partial charge is 0.463 e. The molecule has 2 rings (SSSR count). The van der Waals surface area contributed by atoms with Crippen molar-refractivity contribution in [3.8, 4) is 0 Å². The second kappa shape index (κ2) is 13.3. The Bertz CT molecular complexity index is 886. The average Bonchev–Trinajstić information content (AvgIpc) is 3.07. The van der Waals surface area contributed by atoms with Crippen LogP contribution in [-0.2, 0) is 61.9 Å². The first kappa shape index (κ1) is 31.4. The quantitative estimate of drug-likeness (QED) is 0.286. The number of carbonyl (C=O) groups excluding carboxylic acids is 5. The molecule has 3 unspecified atom stereocenters. The van der Waals surface area contributed by atoms with Gasteiger partial charge in [-0.2, -0.15) is 0 Å². The molecule has 0 bridgehead atoms. The predicted molar refractivity (Wildman–Crippen MR) is 126 cm³/mol. The van der Waals surface area contributed by atoms with E-state index in [2.05, 4.69) is 0 Å². The number of ether oxygens (including phenoxy) is 8. The molecule has 0 aromatic heterocycles. The van der Waals surface area contributed by atoms with Gasteiger partial charge in [0, 0.05) is 40.5 Å². The van der Waals surface area contributed by atoms with Crippen LogP contribution >= 0.6 is 0 Å². The van der Waals surface area contributed by atoms with Crippen molar-refractivity contribution >= 4 is 29.8 Å². The Kier molecular flexibility index (Phi) is 11.0. The smallest absolute Gasteiger partial charge is 0.303 e. The molecule has 2 saturated heterocycles. The van der Waals surface area contributed by atoms with Crippen LogP contribution in [0.1, 0.15) is 61.8 Å². The summed E-state index contributed by atoms with van der Waals surface area (Å²) in [5, 5.41) is 0. The van der Waals surface area contributed by atoms with Crippen molar-refractivity contribution in [2.45, 2.75) is 104 Å². The van der Waals surface area contributed by atoms with Gasteiger partial charge < -0.3 is 37.9 Å². The van der Waals surface area contributed by atoms with Gasteiger partial charge >= 0.3 is 29.8 Å². The van der Waals surface area contributed by atoms with Gasteiger partial charge in [-0.15, -0.1) is 0 Å². The number of hydrogen-bond acceptors (Lipinski definition) is 13. The molecule has 38 heavy (non-hydrogen) atoms. The minimum Gasteiger partial charge on any atom is -0.463 e. The highest BCUT2D eigenvalue weighted by atomic mass is 16.8. The lowest BCUT2D eigenvalue weighted by Gasteiger charge is -2.46. The van der Waals surface area contributed by atoms with Crippen LogP contribution in [0.5, 0.6) is 0 Å². The summed E-state index contributed by atoms with van der Waals surface area (Å²) in [5.41, 5.74) is 0. The van der Waals surface area contributed by atoms with Gasteiger partial charge in [-0.1, -0.05) is 20.8 Å². The van der Waals surface area contributed by atoms with Gasteiger partial charge in [-0.05, 0) is 12.3 Å². The highest BCUT2D eigenvalue weighted by Crippen LogP contribution is 2.42. The van der Waals surface area contributed by atoms with E-state index in [1.165, 1.54) is 27.7 Å². The van der Waals surface area contributed by atoms with E-state index in [9.17, 15) is 24.0 Å². The molecule has 0 spiro atoms. The summed E-state index contributed by atoms with van der Waals surface area (Å²) in [6.45, 7) is 10.7.